The monoisotopic (exact) mass is 395 g/mol. The number of pyridine rings is 1. The van der Waals surface area contributed by atoms with Gasteiger partial charge in [-0.1, -0.05) is 23.7 Å². The molecule has 1 N–H and O–H groups in total. The second-order valence-corrected chi connectivity index (χ2v) is 6.73. The third-order valence-electron chi connectivity index (χ3n) is 4.36. The molecule has 28 heavy (non-hydrogen) atoms. The van der Waals surface area contributed by atoms with Crippen LogP contribution in [0.1, 0.15) is 16.8 Å². The standard InChI is InChI=1S/C21H15ClFN3O2/c1-12-10-14(25-26-21(12)27)11-13-7-8-16(22)20(19(13)23)28-18-6-2-5-17-15(18)4-3-9-24-17/h2-10H,11H2,1H3,(H,26,27). The van der Waals surface area contributed by atoms with Crippen LogP contribution in [-0.2, 0) is 6.42 Å². The van der Waals surface area contributed by atoms with Crippen molar-refractivity contribution >= 4 is 22.5 Å². The number of fused-ring (bicyclic) bond motifs is 1. The fraction of sp³-hybridized carbons (Fsp3) is 0.0952. The predicted molar refractivity (Wildman–Crippen MR) is 106 cm³/mol. The third-order valence-corrected chi connectivity index (χ3v) is 4.66. The first kappa shape index (κ1) is 18.1. The van der Waals surface area contributed by atoms with Gasteiger partial charge in [0.1, 0.15) is 5.75 Å². The topological polar surface area (TPSA) is 67.9 Å². The van der Waals surface area contributed by atoms with E-state index in [0.29, 0.717) is 22.6 Å². The number of halogens is 2. The minimum atomic E-state index is -0.570. The Labute approximate surface area is 164 Å². The number of hydrogen-bond donors (Lipinski definition) is 1. The minimum Gasteiger partial charge on any atom is -0.452 e. The lowest BCUT2D eigenvalue weighted by molar-refractivity contribution is 0.443. The van der Waals surface area contributed by atoms with Crippen molar-refractivity contribution in [2.75, 3.05) is 0 Å². The predicted octanol–water partition coefficient (Wildman–Crippen LogP) is 4.80. The molecule has 0 aliphatic heterocycles. The summed E-state index contributed by atoms with van der Waals surface area (Å²) in [7, 11) is 0. The van der Waals surface area contributed by atoms with Crippen molar-refractivity contribution in [2.45, 2.75) is 13.3 Å². The molecule has 2 heterocycles. The number of benzene rings is 2. The summed E-state index contributed by atoms with van der Waals surface area (Å²) in [5.41, 5.74) is 1.88. The second kappa shape index (κ2) is 7.40. The average molecular weight is 396 g/mol. The van der Waals surface area contributed by atoms with Crippen molar-refractivity contribution in [2.24, 2.45) is 0 Å². The lowest BCUT2D eigenvalue weighted by Crippen LogP contribution is -2.13. The van der Waals surface area contributed by atoms with E-state index >= 15 is 4.39 Å². The summed E-state index contributed by atoms with van der Waals surface area (Å²) in [5, 5.41) is 7.28. The largest absolute Gasteiger partial charge is 0.452 e. The van der Waals surface area contributed by atoms with Crippen LogP contribution in [0.15, 0.2) is 59.5 Å². The number of rotatable bonds is 4. The first-order valence-electron chi connectivity index (χ1n) is 8.56. The van der Waals surface area contributed by atoms with Gasteiger partial charge in [0.2, 0.25) is 0 Å². The van der Waals surface area contributed by atoms with Crippen LogP contribution in [0.25, 0.3) is 10.9 Å². The van der Waals surface area contributed by atoms with Crippen LogP contribution in [0.4, 0.5) is 4.39 Å². The fourth-order valence-electron chi connectivity index (χ4n) is 2.92. The van der Waals surface area contributed by atoms with Crippen LogP contribution in [0.3, 0.4) is 0 Å². The second-order valence-electron chi connectivity index (χ2n) is 6.33. The molecule has 0 bridgehead atoms. The summed E-state index contributed by atoms with van der Waals surface area (Å²) < 4.78 is 21.0. The molecule has 0 amide bonds. The van der Waals surface area contributed by atoms with Gasteiger partial charge in [-0.2, -0.15) is 5.10 Å². The highest BCUT2D eigenvalue weighted by atomic mass is 35.5. The molecule has 0 unspecified atom stereocenters. The molecule has 0 aliphatic carbocycles. The number of aromatic amines is 1. The molecule has 140 valence electrons. The number of nitrogens with one attached hydrogen (secondary N) is 1. The number of aryl methyl sites for hydroxylation is 1. The van der Waals surface area contributed by atoms with E-state index in [0.717, 1.165) is 10.9 Å². The van der Waals surface area contributed by atoms with Gasteiger partial charge in [-0.05, 0) is 48.9 Å². The lowest BCUT2D eigenvalue weighted by atomic mass is 10.1. The summed E-state index contributed by atoms with van der Waals surface area (Å²) in [6, 6.07) is 13.8. The smallest absolute Gasteiger partial charge is 0.267 e. The van der Waals surface area contributed by atoms with Crippen LogP contribution in [0, 0.1) is 12.7 Å². The number of ether oxygens (including phenoxy) is 1. The molecule has 2 aromatic carbocycles. The average Bonchev–Trinajstić information content (AvgIpc) is 2.70. The van der Waals surface area contributed by atoms with Crippen LogP contribution in [-0.4, -0.2) is 15.2 Å². The van der Waals surface area contributed by atoms with Crippen molar-refractivity contribution in [3.8, 4) is 11.5 Å². The Hall–Kier alpha value is -3.25. The maximum absolute atomic E-state index is 15.2. The zero-order chi connectivity index (χ0) is 19.7. The zero-order valence-corrected chi connectivity index (χ0v) is 15.6. The summed E-state index contributed by atoms with van der Waals surface area (Å²) in [5.74, 6) is -0.169. The van der Waals surface area contributed by atoms with E-state index < -0.39 is 5.82 Å². The van der Waals surface area contributed by atoms with Gasteiger partial charge in [0.05, 0.1) is 16.2 Å². The maximum Gasteiger partial charge on any atom is 0.267 e. The molecule has 5 nitrogen and oxygen atoms in total. The lowest BCUT2D eigenvalue weighted by Gasteiger charge is -2.13. The van der Waals surface area contributed by atoms with Gasteiger partial charge in [0.15, 0.2) is 11.6 Å². The Morgan fingerprint density at radius 3 is 2.86 bits per heavy atom. The number of aromatic nitrogens is 3. The Bertz CT molecular complexity index is 1230. The highest BCUT2D eigenvalue weighted by Gasteiger charge is 2.17. The molecule has 0 saturated carbocycles. The molecule has 4 aromatic rings. The van der Waals surface area contributed by atoms with Gasteiger partial charge in [-0.15, -0.1) is 0 Å². The van der Waals surface area contributed by atoms with E-state index in [2.05, 4.69) is 15.2 Å². The Balaban J connectivity index is 1.72. The molecule has 2 aromatic heterocycles. The molecule has 7 heteroatoms. The van der Waals surface area contributed by atoms with E-state index in [-0.39, 0.29) is 22.8 Å². The molecule has 0 saturated heterocycles. The molecule has 0 atom stereocenters. The van der Waals surface area contributed by atoms with Gasteiger partial charge < -0.3 is 4.74 Å². The number of hydrogen-bond acceptors (Lipinski definition) is 4. The quantitative estimate of drug-likeness (QED) is 0.538. The van der Waals surface area contributed by atoms with E-state index in [1.807, 2.05) is 12.1 Å². The highest BCUT2D eigenvalue weighted by Crippen LogP contribution is 2.36. The SMILES string of the molecule is Cc1cc(Cc2ccc(Cl)c(Oc3cccc4ncccc34)c2F)n[nH]c1=O. The summed E-state index contributed by atoms with van der Waals surface area (Å²) >= 11 is 6.21. The first-order valence-corrected chi connectivity index (χ1v) is 8.94. The van der Waals surface area contributed by atoms with Gasteiger partial charge in [-0.25, -0.2) is 9.49 Å². The van der Waals surface area contributed by atoms with E-state index in [1.54, 1.807) is 49.5 Å². The molecular weight excluding hydrogens is 381 g/mol. The van der Waals surface area contributed by atoms with Crippen molar-refractivity contribution in [3.63, 3.8) is 0 Å². The van der Waals surface area contributed by atoms with Crippen LogP contribution >= 0.6 is 11.6 Å². The summed E-state index contributed by atoms with van der Waals surface area (Å²) in [4.78, 5) is 15.7. The number of H-pyrrole nitrogens is 1. The fourth-order valence-corrected chi connectivity index (χ4v) is 3.11. The van der Waals surface area contributed by atoms with Crippen LogP contribution < -0.4 is 10.3 Å². The van der Waals surface area contributed by atoms with Gasteiger partial charge in [-0.3, -0.25) is 9.78 Å². The van der Waals surface area contributed by atoms with Crippen LogP contribution in [0.2, 0.25) is 5.02 Å². The van der Waals surface area contributed by atoms with E-state index in [9.17, 15) is 4.79 Å². The van der Waals surface area contributed by atoms with Crippen molar-refractivity contribution < 1.29 is 9.13 Å². The third kappa shape index (κ3) is 3.46. The first-order chi connectivity index (χ1) is 13.5. The summed E-state index contributed by atoms with van der Waals surface area (Å²) in [6.07, 6.45) is 1.87. The molecular formula is C21H15ClFN3O2. The zero-order valence-electron chi connectivity index (χ0n) is 14.9. The molecule has 0 spiro atoms. The Morgan fingerprint density at radius 2 is 2.04 bits per heavy atom. The van der Waals surface area contributed by atoms with E-state index in [4.69, 9.17) is 16.3 Å². The molecule has 0 radical (unpaired) electrons. The van der Waals surface area contributed by atoms with Gasteiger partial charge in [0.25, 0.3) is 5.56 Å². The molecule has 0 fully saturated rings. The molecule has 0 aliphatic rings. The van der Waals surface area contributed by atoms with Crippen LogP contribution in [0.5, 0.6) is 11.5 Å². The Kier molecular flexibility index (Phi) is 4.79. The van der Waals surface area contributed by atoms with Crippen molar-refractivity contribution in [1.82, 2.24) is 15.2 Å². The van der Waals surface area contributed by atoms with Gasteiger partial charge >= 0.3 is 0 Å². The highest BCUT2D eigenvalue weighted by molar-refractivity contribution is 6.32. The van der Waals surface area contributed by atoms with Gasteiger partial charge in [0, 0.05) is 23.6 Å². The van der Waals surface area contributed by atoms with Crippen molar-refractivity contribution in [1.29, 1.82) is 0 Å². The van der Waals surface area contributed by atoms with Crippen molar-refractivity contribution in [3.05, 3.63) is 92.7 Å². The molecule has 4 rings (SSSR count). The summed E-state index contributed by atoms with van der Waals surface area (Å²) in [6.45, 7) is 1.67. The minimum absolute atomic E-state index is 0.0586. The Morgan fingerprint density at radius 1 is 1.18 bits per heavy atom. The number of nitrogens with zero attached hydrogens (tertiary/aromatic N) is 2. The maximum atomic E-state index is 15.2. The normalized spacial score (nSPS) is 11.0. The van der Waals surface area contributed by atoms with E-state index in [1.165, 1.54) is 0 Å².